The summed E-state index contributed by atoms with van der Waals surface area (Å²) in [6, 6.07) is 7.75. The Morgan fingerprint density at radius 1 is 1.20 bits per heavy atom. The molecule has 3 unspecified atom stereocenters. The summed E-state index contributed by atoms with van der Waals surface area (Å²) in [6.45, 7) is 2.35. The fourth-order valence-electron chi connectivity index (χ4n) is 3.27. The first-order valence-corrected chi connectivity index (χ1v) is 5.66. The zero-order valence-electron chi connectivity index (χ0n) is 8.98. The molecule has 0 amide bonds. The molecule has 2 aliphatic rings. The van der Waals surface area contributed by atoms with Crippen LogP contribution in [0.4, 0.5) is 0 Å². The van der Waals surface area contributed by atoms with Gasteiger partial charge in [-0.3, -0.25) is 0 Å². The number of hydrogen-bond donors (Lipinski definition) is 1. The van der Waals surface area contributed by atoms with Gasteiger partial charge in [-0.15, -0.1) is 0 Å². The quantitative estimate of drug-likeness (QED) is 0.690. The van der Waals surface area contributed by atoms with Crippen LogP contribution in [0.3, 0.4) is 0 Å². The zero-order valence-corrected chi connectivity index (χ0v) is 8.98. The van der Waals surface area contributed by atoms with Crippen molar-refractivity contribution in [2.45, 2.75) is 25.2 Å². The van der Waals surface area contributed by atoms with Crippen LogP contribution in [0, 0.1) is 11.8 Å². The largest absolute Gasteiger partial charge is 0.508 e. The van der Waals surface area contributed by atoms with Crippen LogP contribution in [0.25, 0.3) is 0 Å². The average molecular weight is 200 g/mol. The number of allylic oxidation sites excluding steroid dienone is 2. The first-order chi connectivity index (χ1) is 7.18. The number of phenols is 1. The Morgan fingerprint density at radius 2 is 1.93 bits per heavy atom. The molecule has 0 aliphatic heterocycles. The molecule has 3 rings (SSSR count). The lowest BCUT2D eigenvalue weighted by Crippen LogP contribution is -2.26. The molecule has 78 valence electrons. The van der Waals surface area contributed by atoms with Crippen LogP contribution in [0.5, 0.6) is 5.75 Å². The number of fused-ring (bicyclic) bond motifs is 2. The Morgan fingerprint density at radius 3 is 2.47 bits per heavy atom. The van der Waals surface area contributed by atoms with E-state index in [2.05, 4.69) is 31.2 Å². The van der Waals surface area contributed by atoms with E-state index in [1.165, 1.54) is 18.4 Å². The van der Waals surface area contributed by atoms with Crippen molar-refractivity contribution in [1.82, 2.24) is 0 Å². The predicted octanol–water partition coefficient (Wildman–Crippen LogP) is 3.25. The predicted molar refractivity (Wildman–Crippen MR) is 60.8 cm³/mol. The molecular weight excluding hydrogens is 184 g/mol. The normalized spacial score (nSPS) is 37.4. The molecule has 15 heavy (non-hydrogen) atoms. The summed E-state index contributed by atoms with van der Waals surface area (Å²) in [5.41, 5.74) is 1.67. The van der Waals surface area contributed by atoms with E-state index in [9.17, 15) is 5.11 Å². The van der Waals surface area contributed by atoms with Crippen molar-refractivity contribution < 1.29 is 5.11 Å². The summed E-state index contributed by atoms with van der Waals surface area (Å²) in [6.07, 6.45) is 7.32. The molecule has 1 nitrogen and oxygen atoms in total. The minimum Gasteiger partial charge on any atom is -0.508 e. The van der Waals surface area contributed by atoms with E-state index in [1.807, 2.05) is 0 Å². The third-order valence-corrected chi connectivity index (χ3v) is 4.20. The van der Waals surface area contributed by atoms with Crippen LogP contribution in [-0.4, -0.2) is 5.11 Å². The van der Waals surface area contributed by atoms with Crippen LogP contribution in [-0.2, 0) is 5.41 Å². The van der Waals surface area contributed by atoms with Crippen LogP contribution in [0.1, 0.15) is 25.3 Å². The fraction of sp³-hybridized carbons (Fsp3) is 0.429. The highest BCUT2D eigenvalue weighted by molar-refractivity contribution is 5.36. The van der Waals surface area contributed by atoms with Gasteiger partial charge in [0, 0.05) is 0 Å². The molecule has 2 bridgehead atoms. The summed E-state index contributed by atoms with van der Waals surface area (Å²) in [5.74, 6) is 1.85. The molecule has 1 aromatic rings. The van der Waals surface area contributed by atoms with E-state index in [0.717, 1.165) is 5.92 Å². The minimum absolute atomic E-state index is 0.299. The molecule has 0 aromatic heterocycles. The average Bonchev–Trinajstić information content (AvgIpc) is 2.78. The van der Waals surface area contributed by atoms with E-state index < -0.39 is 0 Å². The lowest BCUT2D eigenvalue weighted by molar-refractivity contribution is 0.394. The highest BCUT2D eigenvalue weighted by Crippen LogP contribution is 2.53. The summed E-state index contributed by atoms with van der Waals surface area (Å²) < 4.78 is 0. The second kappa shape index (κ2) is 2.88. The molecule has 1 saturated carbocycles. The zero-order chi connectivity index (χ0) is 10.5. The van der Waals surface area contributed by atoms with Crippen molar-refractivity contribution in [2.75, 3.05) is 0 Å². The van der Waals surface area contributed by atoms with Gasteiger partial charge in [0.25, 0.3) is 0 Å². The molecule has 0 spiro atoms. The number of benzene rings is 1. The molecule has 2 aliphatic carbocycles. The third kappa shape index (κ3) is 1.22. The van der Waals surface area contributed by atoms with Crippen molar-refractivity contribution in [1.29, 1.82) is 0 Å². The SMILES string of the molecule is CC1(c2ccc(O)cc2)CC2C=CC1C2. The smallest absolute Gasteiger partial charge is 0.115 e. The van der Waals surface area contributed by atoms with Gasteiger partial charge in [-0.25, -0.2) is 0 Å². The molecule has 1 fully saturated rings. The van der Waals surface area contributed by atoms with Gasteiger partial charge in [0.15, 0.2) is 0 Å². The highest BCUT2D eigenvalue weighted by atomic mass is 16.3. The van der Waals surface area contributed by atoms with E-state index in [1.54, 1.807) is 12.1 Å². The van der Waals surface area contributed by atoms with Gasteiger partial charge in [0.1, 0.15) is 5.75 Å². The molecule has 3 atom stereocenters. The number of hydrogen-bond acceptors (Lipinski definition) is 1. The van der Waals surface area contributed by atoms with Crippen molar-refractivity contribution in [3.05, 3.63) is 42.0 Å². The number of phenolic OH excluding ortho intramolecular Hbond substituents is 1. The van der Waals surface area contributed by atoms with Crippen molar-refractivity contribution in [2.24, 2.45) is 11.8 Å². The maximum Gasteiger partial charge on any atom is 0.115 e. The van der Waals surface area contributed by atoms with Gasteiger partial charge < -0.3 is 5.11 Å². The molecule has 0 heterocycles. The lowest BCUT2D eigenvalue weighted by atomic mass is 9.72. The Hall–Kier alpha value is -1.24. The third-order valence-electron chi connectivity index (χ3n) is 4.20. The van der Waals surface area contributed by atoms with Gasteiger partial charge in [0.2, 0.25) is 0 Å². The van der Waals surface area contributed by atoms with Gasteiger partial charge in [-0.05, 0) is 47.8 Å². The van der Waals surface area contributed by atoms with Crippen molar-refractivity contribution in [3.8, 4) is 5.75 Å². The molecule has 1 N–H and O–H groups in total. The maximum atomic E-state index is 9.30. The molecular formula is C14H16O. The standard InChI is InChI=1S/C14H16O/c1-14(9-10-2-3-12(14)8-10)11-4-6-13(15)7-5-11/h2-7,10,12,15H,8-9H2,1H3. The Bertz CT molecular complexity index is 404. The maximum absolute atomic E-state index is 9.30. The first-order valence-electron chi connectivity index (χ1n) is 5.66. The Kier molecular flexibility index (Phi) is 1.73. The second-order valence-corrected chi connectivity index (χ2v) is 5.16. The van der Waals surface area contributed by atoms with E-state index in [-0.39, 0.29) is 0 Å². The summed E-state index contributed by atoms with van der Waals surface area (Å²) in [7, 11) is 0. The van der Waals surface area contributed by atoms with Crippen LogP contribution < -0.4 is 0 Å². The van der Waals surface area contributed by atoms with Crippen molar-refractivity contribution >= 4 is 0 Å². The fourth-order valence-corrected chi connectivity index (χ4v) is 3.27. The monoisotopic (exact) mass is 200 g/mol. The van der Waals surface area contributed by atoms with Gasteiger partial charge in [-0.1, -0.05) is 31.2 Å². The molecule has 1 aromatic carbocycles. The van der Waals surface area contributed by atoms with Crippen LogP contribution in [0.2, 0.25) is 0 Å². The second-order valence-electron chi connectivity index (χ2n) is 5.16. The van der Waals surface area contributed by atoms with Crippen LogP contribution >= 0.6 is 0 Å². The number of rotatable bonds is 1. The Balaban J connectivity index is 2.00. The van der Waals surface area contributed by atoms with Crippen molar-refractivity contribution in [3.63, 3.8) is 0 Å². The van der Waals surface area contributed by atoms with E-state index in [0.29, 0.717) is 17.1 Å². The minimum atomic E-state index is 0.299. The number of aromatic hydroxyl groups is 1. The molecule has 0 radical (unpaired) electrons. The summed E-state index contributed by atoms with van der Waals surface area (Å²) in [4.78, 5) is 0. The van der Waals surface area contributed by atoms with E-state index in [4.69, 9.17) is 0 Å². The summed E-state index contributed by atoms with van der Waals surface area (Å²) in [5, 5.41) is 9.30. The highest BCUT2D eigenvalue weighted by Gasteiger charge is 2.45. The topological polar surface area (TPSA) is 20.2 Å². The molecule has 1 heteroatoms. The molecule has 0 saturated heterocycles. The summed E-state index contributed by atoms with van der Waals surface area (Å²) >= 11 is 0. The lowest BCUT2D eigenvalue weighted by Gasteiger charge is -2.32. The van der Waals surface area contributed by atoms with Gasteiger partial charge in [0.05, 0.1) is 0 Å². The van der Waals surface area contributed by atoms with Crippen LogP contribution in [0.15, 0.2) is 36.4 Å². The van der Waals surface area contributed by atoms with Gasteiger partial charge >= 0.3 is 0 Å². The Labute approximate surface area is 90.4 Å². The van der Waals surface area contributed by atoms with Gasteiger partial charge in [-0.2, -0.15) is 0 Å². The van der Waals surface area contributed by atoms with E-state index >= 15 is 0 Å². The first kappa shape index (κ1) is 9.02.